The van der Waals surface area contributed by atoms with Gasteiger partial charge in [-0.05, 0) is 31.9 Å². The van der Waals surface area contributed by atoms with Gasteiger partial charge in [0.15, 0.2) is 0 Å². The number of hydrogen-bond donors (Lipinski definition) is 2. The summed E-state index contributed by atoms with van der Waals surface area (Å²) in [4.78, 5) is 0. The van der Waals surface area contributed by atoms with Crippen molar-refractivity contribution in [2.45, 2.75) is 32.9 Å². The number of nitrogens with one attached hydrogen (secondary N) is 1. The Hall–Kier alpha value is -0.900. The van der Waals surface area contributed by atoms with Gasteiger partial charge in [0, 0.05) is 13.2 Å². The van der Waals surface area contributed by atoms with Crippen LogP contribution in [0.1, 0.15) is 29.7 Å². The molecule has 1 aromatic carbocycles. The van der Waals surface area contributed by atoms with Crippen LogP contribution < -0.4 is 5.32 Å². The van der Waals surface area contributed by atoms with Crippen LogP contribution in [-0.4, -0.2) is 31.5 Å². The highest BCUT2D eigenvalue weighted by atomic mass is 16.5. The van der Waals surface area contributed by atoms with E-state index in [9.17, 15) is 5.11 Å². The van der Waals surface area contributed by atoms with Gasteiger partial charge in [-0.25, -0.2) is 0 Å². The van der Waals surface area contributed by atoms with E-state index >= 15 is 0 Å². The zero-order valence-electron chi connectivity index (χ0n) is 11.2. The number of aryl methyl sites for hydroxylation is 2. The Morgan fingerprint density at radius 3 is 2.65 bits per heavy atom. The number of ether oxygens (including phenoxy) is 1. The van der Waals surface area contributed by atoms with E-state index in [1.807, 2.05) is 0 Å². The molecule has 0 radical (unpaired) electrons. The molecule has 0 aromatic heterocycles. The molecule has 0 aliphatic carbocycles. The van der Waals surface area contributed by atoms with Crippen molar-refractivity contribution in [2.24, 2.45) is 0 Å². The molecular formula is C14H23NO2. The number of rotatable bonds is 6. The molecule has 96 valence electrons. The highest BCUT2D eigenvalue weighted by Gasteiger charge is 2.14. The summed E-state index contributed by atoms with van der Waals surface area (Å²) in [6, 6.07) is 6.63. The average molecular weight is 237 g/mol. The summed E-state index contributed by atoms with van der Waals surface area (Å²) in [5, 5.41) is 12.6. The lowest BCUT2D eigenvalue weighted by Gasteiger charge is -2.23. The number of hydrogen-bond acceptors (Lipinski definition) is 3. The Morgan fingerprint density at radius 2 is 2.06 bits per heavy atom. The van der Waals surface area contributed by atoms with Gasteiger partial charge < -0.3 is 15.2 Å². The Balaban J connectivity index is 2.74. The lowest BCUT2D eigenvalue weighted by Crippen LogP contribution is -2.38. The number of benzene rings is 1. The van der Waals surface area contributed by atoms with Gasteiger partial charge in [0.05, 0.1) is 19.3 Å². The molecular weight excluding hydrogens is 214 g/mol. The minimum absolute atomic E-state index is 0.0186. The molecule has 2 unspecified atom stereocenters. The van der Waals surface area contributed by atoms with Gasteiger partial charge in [0.25, 0.3) is 0 Å². The van der Waals surface area contributed by atoms with Crippen LogP contribution in [-0.2, 0) is 4.74 Å². The molecule has 3 heteroatoms. The molecule has 0 heterocycles. The molecule has 2 atom stereocenters. The van der Waals surface area contributed by atoms with E-state index in [0.29, 0.717) is 6.61 Å². The maximum Gasteiger partial charge on any atom is 0.0638 e. The second kappa shape index (κ2) is 6.74. The van der Waals surface area contributed by atoms with Gasteiger partial charge in [-0.2, -0.15) is 0 Å². The maximum atomic E-state index is 9.23. The minimum Gasteiger partial charge on any atom is -0.395 e. The molecule has 1 rings (SSSR count). The van der Waals surface area contributed by atoms with Crippen molar-refractivity contribution < 1.29 is 9.84 Å². The molecule has 0 saturated carbocycles. The van der Waals surface area contributed by atoms with Crippen LogP contribution in [0.3, 0.4) is 0 Å². The Morgan fingerprint density at radius 1 is 1.35 bits per heavy atom. The lowest BCUT2D eigenvalue weighted by atomic mass is 9.99. The Kier molecular flexibility index (Phi) is 5.62. The smallest absolute Gasteiger partial charge is 0.0638 e. The second-order valence-electron chi connectivity index (χ2n) is 4.58. The zero-order chi connectivity index (χ0) is 12.8. The SMILES string of the molecule is COCC(CO)NC(C)c1cc(C)ccc1C. The van der Waals surface area contributed by atoms with Crippen molar-refractivity contribution in [3.05, 3.63) is 34.9 Å². The molecule has 0 spiro atoms. The van der Waals surface area contributed by atoms with E-state index in [-0.39, 0.29) is 18.7 Å². The highest BCUT2D eigenvalue weighted by molar-refractivity contribution is 5.32. The first-order valence-electron chi connectivity index (χ1n) is 6.01. The van der Waals surface area contributed by atoms with E-state index in [1.54, 1.807) is 7.11 Å². The fourth-order valence-electron chi connectivity index (χ4n) is 2.02. The van der Waals surface area contributed by atoms with Gasteiger partial charge >= 0.3 is 0 Å². The summed E-state index contributed by atoms with van der Waals surface area (Å²) in [6.45, 7) is 6.92. The molecule has 3 nitrogen and oxygen atoms in total. The van der Waals surface area contributed by atoms with Gasteiger partial charge in [-0.3, -0.25) is 0 Å². The first-order valence-corrected chi connectivity index (χ1v) is 6.01. The summed E-state index contributed by atoms with van der Waals surface area (Å²) >= 11 is 0. The molecule has 0 amide bonds. The van der Waals surface area contributed by atoms with Crippen LogP contribution in [0, 0.1) is 13.8 Å². The molecule has 0 bridgehead atoms. The van der Waals surface area contributed by atoms with Gasteiger partial charge in [-0.1, -0.05) is 23.8 Å². The summed E-state index contributed by atoms with van der Waals surface area (Å²) in [5.74, 6) is 0. The highest BCUT2D eigenvalue weighted by Crippen LogP contribution is 2.19. The van der Waals surface area contributed by atoms with E-state index in [1.165, 1.54) is 16.7 Å². The van der Waals surface area contributed by atoms with Crippen LogP contribution in [0.15, 0.2) is 18.2 Å². The van der Waals surface area contributed by atoms with Crippen molar-refractivity contribution in [3.63, 3.8) is 0 Å². The van der Waals surface area contributed by atoms with E-state index in [4.69, 9.17) is 4.74 Å². The Bertz CT molecular complexity index is 352. The molecule has 17 heavy (non-hydrogen) atoms. The maximum absolute atomic E-state index is 9.23. The van der Waals surface area contributed by atoms with Crippen molar-refractivity contribution >= 4 is 0 Å². The lowest BCUT2D eigenvalue weighted by molar-refractivity contribution is 0.123. The van der Waals surface area contributed by atoms with E-state index in [2.05, 4.69) is 44.3 Å². The summed E-state index contributed by atoms with van der Waals surface area (Å²) < 4.78 is 5.06. The van der Waals surface area contributed by atoms with Crippen molar-refractivity contribution in [2.75, 3.05) is 20.3 Å². The predicted molar refractivity (Wildman–Crippen MR) is 70.2 cm³/mol. The number of aliphatic hydroxyl groups is 1. The fourth-order valence-corrected chi connectivity index (χ4v) is 2.02. The van der Waals surface area contributed by atoms with Crippen LogP contribution in [0.25, 0.3) is 0 Å². The minimum atomic E-state index is -0.0186. The van der Waals surface area contributed by atoms with E-state index in [0.717, 1.165) is 0 Å². The van der Waals surface area contributed by atoms with Crippen LogP contribution in [0.4, 0.5) is 0 Å². The van der Waals surface area contributed by atoms with Gasteiger partial charge in [0.2, 0.25) is 0 Å². The summed E-state index contributed by atoms with van der Waals surface area (Å²) in [6.07, 6.45) is 0. The first kappa shape index (κ1) is 14.2. The third-order valence-corrected chi connectivity index (χ3v) is 2.98. The molecule has 0 aliphatic heterocycles. The quantitative estimate of drug-likeness (QED) is 0.794. The largest absolute Gasteiger partial charge is 0.395 e. The van der Waals surface area contributed by atoms with E-state index < -0.39 is 0 Å². The predicted octanol–water partition coefficient (Wildman–Crippen LogP) is 1.96. The standard InChI is InChI=1S/C14H23NO2/c1-10-5-6-11(2)14(7-10)12(3)15-13(8-16)9-17-4/h5-7,12-13,15-16H,8-9H2,1-4H3. The topological polar surface area (TPSA) is 41.5 Å². The summed E-state index contributed by atoms with van der Waals surface area (Å²) in [5.41, 5.74) is 3.80. The molecule has 0 aliphatic rings. The molecule has 1 aromatic rings. The fraction of sp³-hybridized carbons (Fsp3) is 0.571. The molecule has 0 saturated heterocycles. The van der Waals surface area contributed by atoms with Crippen LogP contribution >= 0.6 is 0 Å². The zero-order valence-corrected chi connectivity index (χ0v) is 11.2. The van der Waals surface area contributed by atoms with Crippen molar-refractivity contribution in [3.8, 4) is 0 Å². The number of aliphatic hydroxyl groups excluding tert-OH is 1. The van der Waals surface area contributed by atoms with Crippen molar-refractivity contribution in [1.29, 1.82) is 0 Å². The van der Waals surface area contributed by atoms with Crippen LogP contribution in [0.5, 0.6) is 0 Å². The third kappa shape index (κ3) is 4.11. The average Bonchev–Trinajstić information content (AvgIpc) is 2.31. The molecule has 2 N–H and O–H groups in total. The van der Waals surface area contributed by atoms with Gasteiger partial charge in [0.1, 0.15) is 0 Å². The number of methoxy groups -OCH3 is 1. The third-order valence-electron chi connectivity index (χ3n) is 2.98. The first-order chi connectivity index (χ1) is 8.08. The van der Waals surface area contributed by atoms with Crippen LogP contribution in [0.2, 0.25) is 0 Å². The Labute approximate surface area is 104 Å². The van der Waals surface area contributed by atoms with Gasteiger partial charge in [-0.15, -0.1) is 0 Å². The van der Waals surface area contributed by atoms with Crippen molar-refractivity contribution in [1.82, 2.24) is 5.32 Å². The second-order valence-corrected chi connectivity index (χ2v) is 4.58. The monoisotopic (exact) mass is 237 g/mol. The normalized spacial score (nSPS) is 14.6. The summed E-state index contributed by atoms with van der Waals surface area (Å²) in [7, 11) is 1.65. The molecule has 0 fully saturated rings.